The third-order valence-corrected chi connectivity index (χ3v) is 3.72. The van der Waals surface area contributed by atoms with Crippen LogP contribution in [0.15, 0.2) is 41.0 Å². The van der Waals surface area contributed by atoms with Crippen LogP contribution in [-0.4, -0.2) is 6.54 Å². The predicted octanol–water partition coefficient (Wildman–Crippen LogP) is 4.52. The number of hydrogen-bond acceptors (Lipinski definition) is 2. The molecule has 1 aromatic carbocycles. The van der Waals surface area contributed by atoms with E-state index in [1.54, 1.807) is 6.26 Å². The molecule has 1 N–H and O–H groups in total. The maximum absolute atomic E-state index is 6.22. The summed E-state index contributed by atoms with van der Waals surface area (Å²) >= 11 is 6.22. The van der Waals surface area contributed by atoms with Gasteiger partial charge in [0.2, 0.25) is 0 Å². The summed E-state index contributed by atoms with van der Waals surface area (Å²) in [6.45, 7) is 5.22. The van der Waals surface area contributed by atoms with Crippen molar-refractivity contribution in [2.45, 2.75) is 32.7 Å². The first-order valence-corrected chi connectivity index (χ1v) is 7.11. The highest BCUT2D eigenvalue weighted by Gasteiger charge is 2.16. The van der Waals surface area contributed by atoms with Crippen LogP contribution in [0.5, 0.6) is 0 Å². The second-order valence-electron chi connectivity index (χ2n) is 4.74. The van der Waals surface area contributed by atoms with E-state index in [2.05, 4.69) is 25.2 Å². The number of rotatable bonds is 6. The van der Waals surface area contributed by atoms with Crippen molar-refractivity contribution in [3.05, 3.63) is 58.5 Å². The maximum Gasteiger partial charge on any atom is 0.105 e. The lowest BCUT2D eigenvalue weighted by atomic mass is 9.97. The number of halogens is 1. The van der Waals surface area contributed by atoms with Crippen LogP contribution >= 0.6 is 11.6 Å². The van der Waals surface area contributed by atoms with Crippen LogP contribution in [0.1, 0.15) is 36.3 Å². The molecule has 1 unspecified atom stereocenters. The van der Waals surface area contributed by atoms with Crippen molar-refractivity contribution >= 4 is 11.6 Å². The Morgan fingerprint density at radius 1 is 1.26 bits per heavy atom. The first-order valence-electron chi connectivity index (χ1n) is 6.73. The van der Waals surface area contributed by atoms with Gasteiger partial charge < -0.3 is 9.73 Å². The second-order valence-corrected chi connectivity index (χ2v) is 5.15. The van der Waals surface area contributed by atoms with Crippen molar-refractivity contribution in [1.82, 2.24) is 5.32 Å². The highest BCUT2D eigenvalue weighted by molar-refractivity contribution is 6.31. The van der Waals surface area contributed by atoms with Crippen molar-refractivity contribution in [2.24, 2.45) is 0 Å². The van der Waals surface area contributed by atoms with Crippen LogP contribution in [0.25, 0.3) is 0 Å². The molecule has 2 aromatic rings. The SMILES string of the molecule is CCCNC(Cc1ccco1)c1cccc(Cl)c1C. The molecule has 0 saturated carbocycles. The Labute approximate surface area is 119 Å². The molecule has 1 heterocycles. The Kier molecular flexibility index (Phi) is 5.06. The first-order chi connectivity index (χ1) is 9.22. The van der Waals surface area contributed by atoms with Gasteiger partial charge in [0.25, 0.3) is 0 Å². The Morgan fingerprint density at radius 3 is 2.79 bits per heavy atom. The van der Waals surface area contributed by atoms with E-state index in [0.29, 0.717) is 0 Å². The molecule has 3 heteroatoms. The summed E-state index contributed by atoms with van der Waals surface area (Å²) in [6, 6.07) is 10.3. The molecule has 0 aliphatic carbocycles. The average Bonchev–Trinajstić information content (AvgIpc) is 2.91. The zero-order valence-electron chi connectivity index (χ0n) is 11.4. The number of furan rings is 1. The summed E-state index contributed by atoms with van der Waals surface area (Å²) in [6.07, 6.45) is 3.67. The van der Waals surface area contributed by atoms with Crippen LogP contribution < -0.4 is 5.32 Å². The van der Waals surface area contributed by atoms with Gasteiger partial charge in [-0.2, -0.15) is 0 Å². The quantitative estimate of drug-likeness (QED) is 0.839. The van der Waals surface area contributed by atoms with E-state index < -0.39 is 0 Å². The molecule has 0 bridgehead atoms. The lowest BCUT2D eigenvalue weighted by Gasteiger charge is -2.20. The van der Waals surface area contributed by atoms with E-state index in [0.717, 1.165) is 35.7 Å². The van der Waals surface area contributed by atoms with Crippen molar-refractivity contribution in [2.75, 3.05) is 6.54 Å². The summed E-state index contributed by atoms with van der Waals surface area (Å²) in [4.78, 5) is 0. The van der Waals surface area contributed by atoms with Crippen molar-refractivity contribution < 1.29 is 4.42 Å². The Balaban J connectivity index is 2.23. The molecular weight excluding hydrogens is 258 g/mol. The van der Waals surface area contributed by atoms with Gasteiger partial charge in [-0.25, -0.2) is 0 Å². The minimum absolute atomic E-state index is 0.241. The summed E-state index contributed by atoms with van der Waals surface area (Å²) in [5.41, 5.74) is 2.39. The molecule has 0 fully saturated rings. The number of hydrogen-bond donors (Lipinski definition) is 1. The third-order valence-electron chi connectivity index (χ3n) is 3.31. The molecule has 19 heavy (non-hydrogen) atoms. The van der Waals surface area contributed by atoms with Crippen LogP contribution in [0.3, 0.4) is 0 Å². The highest BCUT2D eigenvalue weighted by Crippen LogP contribution is 2.26. The van der Waals surface area contributed by atoms with Gasteiger partial charge in [0.1, 0.15) is 5.76 Å². The minimum Gasteiger partial charge on any atom is -0.469 e. The van der Waals surface area contributed by atoms with E-state index in [1.165, 1.54) is 5.56 Å². The number of benzene rings is 1. The average molecular weight is 278 g/mol. The number of nitrogens with one attached hydrogen (secondary N) is 1. The molecule has 0 aliphatic heterocycles. The molecule has 0 saturated heterocycles. The second kappa shape index (κ2) is 6.78. The Bertz CT molecular complexity index is 507. The van der Waals surface area contributed by atoms with Gasteiger partial charge >= 0.3 is 0 Å². The Morgan fingerprint density at radius 2 is 2.11 bits per heavy atom. The third kappa shape index (κ3) is 3.62. The van der Waals surface area contributed by atoms with Gasteiger partial charge in [-0.15, -0.1) is 0 Å². The van der Waals surface area contributed by atoms with Crippen LogP contribution in [0, 0.1) is 6.92 Å². The van der Waals surface area contributed by atoms with E-state index in [4.69, 9.17) is 16.0 Å². The molecule has 102 valence electrons. The van der Waals surface area contributed by atoms with Crippen molar-refractivity contribution in [1.29, 1.82) is 0 Å². The molecule has 2 nitrogen and oxygen atoms in total. The molecule has 0 spiro atoms. The normalized spacial score (nSPS) is 12.6. The molecule has 0 radical (unpaired) electrons. The van der Waals surface area contributed by atoms with Gasteiger partial charge in [0.05, 0.1) is 6.26 Å². The maximum atomic E-state index is 6.22. The summed E-state index contributed by atoms with van der Waals surface area (Å²) in [5, 5.41) is 4.39. The summed E-state index contributed by atoms with van der Waals surface area (Å²) < 4.78 is 5.46. The molecule has 1 atom stereocenters. The monoisotopic (exact) mass is 277 g/mol. The zero-order valence-corrected chi connectivity index (χ0v) is 12.2. The van der Waals surface area contributed by atoms with Gasteiger partial charge in [0.15, 0.2) is 0 Å². The summed E-state index contributed by atoms with van der Waals surface area (Å²) in [7, 11) is 0. The lowest BCUT2D eigenvalue weighted by molar-refractivity contribution is 0.448. The standard InChI is InChI=1S/C16H20ClNO/c1-3-9-18-16(11-13-6-5-10-19-13)14-7-4-8-15(17)12(14)2/h4-8,10,16,18H,3,9,11H2,1-2H3. The van der Waals surface area contributed by atoms with Crippen LogP contribution in [0.2, 0.25) is 5.02 Å². The minimum atomic E-state index is 0.241. The fraction of sp³-hybridized carbons (Fsp3) is 0.375. The fourth-order valence-electron chi connectivity index (χ4n) is 2.24. The highest BCUT2D eigenvalue weighted by atomic mass is 35.5. The van der Waals surface area contributed by atoms with Crippen LogP contribution in [-0.2, 0) is 6.42 Å². The topological polar surface area (TPSA) is 25.2 Å². The van der Waals surface area contributed by atoms with Gasteiger partial charge in [-0.3, -0.25) is 0 Å². The van der Waals surface area contributed by atoms with Crippen LogP contribution in [0.4, 0.5) is 0 Å². The van der Waals surface area contributed by atoms with E-state index >= 15 is 0 Å². The van der Waals surface area contributed by atoms with Gasteiger partial charge in [-0.05, 0) is 49.2 Å². The molecule has 0 aliphatic rings. The van der Waals surface area contributed by atoms with Crippen molar-refractivity contribution in [3.63, 3.8) is 0 Å². The van der Waals surface area contributed by atoms with Crippen molar-refractivity contribution in [3.8, 4) is 0 Å². The molecule has 1 aromatic heterocycles. The largest absolute Gasteiger partial charge is 0.469 e. The predicted molar refractivity (Wildman–Crippen MR) is 79.6 cm³/mol. The van der Waals surface area contributed by atoms with Gasteiger partial charge in [0, 0.05) is 17.5 Å². The zero-order chi connectivity index (χ0) is 13.7. The lowest BCUT2D eigenvalue weighted by Crippen LogP contribution is -2.24. The van der Waals surface area contributed by atoms with E-state index in [-0.39, 0.29) is 6.04 Å². The smallest absolute Gasteiger partial charge is 0.105 e. The molecule has 0 amide bonds. The summed E-state index contributed by atoms with van der Waals surface area (Å²) in [5.74, 6) is 0.993. The van der Waals surface area contributed by atoms with Gasteiger partial charge in [-0.1, -0.05) is 30.7 Å². The van der Waals surface area contributed by atoms with E-state index in [9.17, 15) is 0 Å². The Hall–Kier alpha value is -1.25. The first kappa shape index (κ1) is 14.2. The fourth-order valence-corrected chi connectivity index (χ4v) is 2.42. The molecule has 2 rings (SSSR count). The van der Waals surface area contributed by atoms with E-state index in [1.807, 2.05) is 24.3 Å². The molecular formula is C16H20ClNO.